The Labute approximate surface area is 98.5 Å². The van der Waals surface area contributed by atoms with Gasteiger partial charge >= 0.3 is 0 Å². The van der Waals surface area contributed by atoms with Gasteiger partial charge in [-0.25, -0.2) is 4.39 Å². The van der Waals surface area contributed by atoms with Crippen LogP contribution in [0, 0.1) is 5.82 Å². The van der Waals surface area contributed by atoms with Crippen LogP contribution in [0.2, 0.25) is 0 Å². The van der Waals surface area contributed by atoms with Crippen molar-refractivity contribution in [2.24, 2.45) is 0 Å². The van der Waals surface area contributed by atoms with Crippen LogP contribution in [0.3, 0.4) is 0 Å². The fourth-order valence-electron chi connectivity index (χ4n) is 1.45. The fraction of sp³-hybridized carbons (Fsp3) is 0.231. The topological polar surface area (TPSA) is 9.23 Å². The molecular formula is C13H13FOS. The molecule has 84 valence electrons. The van der Waals surface area contributed by atoms with Gasteiger partial charge in [-0.15, -0.1) is 11.3 Å². The van der Waals surface area contributed by atoms with E-state index >= 15 is 0 Å². The molecule has 2 rings (SSSR count). The van der Waals surface area contributed by atoms with Crippen LogP contribution in [0.4, 0.5) is 4.39 Å². The lowest BCUT2D eigenvalue weighted by Gasteiger charge is -2.10. The van der Waals surface area contributed by atoms with Crippen molar-refractivity contribution < 1.29 is 9.13 Å². The van der Waals surface area contributed by atoms with Crippen molar-refractivity contribution in [1.82, 2.24) is 0 Å². The Morgan fingerprint density at radius 3 is 2.62 bits per heavy atom. The molecule has 0 saturated carbocycles. The van der Waals surface area contributed by atoms with Gasteiger partial charge < -0.3 is 4.74 Å². The Hall–Kier alpha value is -1.35. The Kier molecular flexibility index (Phi) is 3.25. The first-order valence-electron chi connectivity index (χ1n) is 5.17. The highest BCUT2D eigenvalue weighted by molar-refractivity contribution is 7.13. The zero-order valence-electron chi connectivity index (χ0n) is 9.24. The molecule has 0 saturated heterocycles. The number of rotatable bonds is 3. The maximum Gasteiger partial charge on any atom is 0.165 e. The van der Waals surface area contributed by atoms with E-state index in [-0.39, 0.29) is 11.9 Å². The molecule has 0 unspecified atom stereocenters. The van der Waals surface area contributed by atoms with Crippen LogP contribution >= 0.6 is 11.3 Å². The Morgan fingerprint density at radius 1 is 1.25 bits per heavy atom. The van der Waals surface area contributed by atoms with Crippen LogP contribution in [0.5, 0.6) is 5.75 Å². The van der Waals surface area contributed by atoms with E-state index in [0.717, 1.165) is 10.4 Å². The summed E-state index contributed by atoms with van der Waals surface area (Å²) in [5.74, 6) is 0.00917. The van der Waals surface area contributed by atoms with Crippen molar-refractivity contribution in [2.45, 2.75) is 20.0 Å². The number of hydrogen-bond donors (Lipinski definition) is 0. The number of thiophene rings is 1. The van der Waals surface area contributed by atoms with Crippen molar-refractivity contribution in [3.8, 4) is 16.2 Å². The minimum atomic E-state index is -0.306. The van der Waals surface area contributed by atoms with E-state index in [1.165, 1.54) is 6.07 Å². The highest BCUT2D eigenvalue weighted by Gasteiger charge is 2.07. The van der Waals surface area contributed by atoms with Crippen LogP contribution in [0.1, 0.15) is 13.8 Å². The van der Waals surface area contributed by atoms with Crippen LogP contribution in [0.25, 0.3) is 10.4 Å². The monoisotopic (exact) mass is 236 g/mol. The minimum Gasteiger partial charge on any atom is -0.488 e. The van der Waals surface area contributed by atoms with E-state index < -0.39 is 0 Å². The first-order valence-corrected chi connectivity index (χ1v) is 6.05. The van der Waals surface area contributed by atoms with Gasteiger partial charge in [0, 0.05) is 4.88 Å². The molecule has 0 aliphatic rings. The van der Waals surface area contributed by atoms with Gasteiger partial charge in [0.1, 0.15) is 0 Å². The zero-order valence-corrected chi connectivity index (χ0v) is 10.1. The molecule has 3 heteroatoms. The van der Waals surface area contributed by atoms with Crippen molar-refractivity contribution in [3.63, 3.8) is 0 Å². The summed E-state index contributed by atoms with van der Waals surface area (Å²) in [5, 5.41) is 1.98. The Bertz CT molecular complexity index is 463. The highest BCUT2D eigenvalue weighted by Crippen LogP contribution is 2.29. The summed E-state index contributed by atoms with van der Waals surface area (Å²) < 4.78 is 19.0. The van der Waals surface area contributed by atoms with Gasteiger partial charge in [-0.2, -0.15) is 0 Å². The summed E-state index contributed by atoms with van der Waals surface area (Å²) in [6.45, 7) is 3.76. The zero-order chi connectivity index (χ0) is 11.5. The average Bonchev–Trinajstić information content (AvgIpc) is 2.73. The van der Waals surface area contributed by atoms with Crippen LogP contribution in [0.15, 0.2) is 35.7 Å². The maximum absolute atomic E-state index is 13.7. The Morgan fingerprint density at radius 2 is 2.06 bits per heavy atom. The number of benzene rings is 1. The van der Waals surface area contributed by atoms with Gasteiger partial charge in [-0.1, -0.05) is 6.07 Å². The van der Waals surface area contributed by atoms with Crippen molar-refractivity contribution in [1.29, 1.82) is 0 Å². The van der Waals surface area contributed by atoms with Crippen molar-refractivity contribution in [2.75, 3.05) is 0 Å². The van der Waals surface area contributed by atoms with Crippen LogP contribution in [-0.4, -0.2) is 6.10 Å². The molecule has 0 radical (unpaired) electrons. The van der Waals surface area contributed by atoms with Gasteiger partial charge in [0.15, 0.2) is 11.6 Å². The largest absolute Gasteiger partial charge is 0.488 e. The maximum atomic E-state index is 13.7. The summed E-state index contributed by atoms with van der Waals surface area (Å²) in [7, 11) is 0. The molecule has 0 aliphatic carbocycles. The Balaban J connectivity index is 2.29. The first kappa shape index (κ1) is 11.1. The minimum absolute atomic E-state index is 0.0120. The van der Waals surface area contributed by atoms with Gasteiger partial charge in [0.2, 0.25) is 0 Å². The third-order valence-electron chi connectivity index (χ3n) is 2.10. The van der Waals surface area contributed by atoms with Crippen LogP contribution in [-0.2, 0) is 0 Å². The second kappa shape index (κ2) is 4.66. The van der Waals surface area contributed by atoms with Crippen molar-refractivity contribution >= 4 is 11.3 Å². The molecule has 0 amide bonds. The molecule has 1 heterocycles. The van der Waals surface area contributed by atoms with E-state index in [4.69, 9.17) is 4.74 Å². The highest BCUT2D eigenvalue weighted by atomic mass is 32.1. The van der Waals surface area contributed by atoms with E-state index in [1.807, 2.05) is 37.4 Å². The van der Waals surface area contributed by atoms with Gasteiger partial charge in [-0.05, 0) is 49.1 Å². The first-order chi connectivity index (χ1) is 7.66. The molecular weight excluding hydrogens is 223 g/mol. The molecule has 0 fully saturated rings. The van der Waals surface area contributed by atoms with Gasteiger partial charge in [-0.3, -0.25) is 0 Å². The molecule has 0 bridgehead atoms. The van der Waals surface area contributed by atoms with Gasteiger partial charge in [0.05, 0.1) is 6.10 Å². The van der Waals surface area contributed by atoms with Crippen molar-refractivity contribution in [3.05, 3.63) is 41.5 Å². The molecule has 1 nitrogen and oxygen atoms in total. The van der Waals surface area contributed by atoms with Gasteiger partial charge in [0.25, 0.3) is 0 Å². The average molecular weight is 236 g/mol. The molecule has 1 aromatic heterocycles. The lowest BCUT2D eigenvalue weighted by atomic mass is 10.2. The second-order valence-electron chi connectivity index (χ2n) is 3.79. The summed E-state index contributed by atoms with van der Waals surface area (Å²) >= 11 is 1.60. The lowest BCUT2D eigenvalue weighted by Crippen LogP contribution is -2.06. The molecule has 16 heavy (non-hydrogen) atoms. The SMILES string of the molecule is CC(C)Oc1ccc(-c2cccs2)cc1F. The second-order valence-corrected chi connectivity index (χ2v) is 4.74. The molecule has 0 aliphatic heterocycles. The normalized spacial score (nSPS) is 10.8. The third-order valence-corrected chi connectivity index (χ3v) is 3.02. The van der Waals surface area contributed by atoms with Crippen LogP contribution < -0.4 is 4.74 Å². The molecule has 0 atom stereocenters. The molecule has 2 aromatic rings. The standard InChI is InChI=1S/C13H13FOS/c1-9(2)15-12-6-5-10(8-11(12)14)13-4-3-7-16-13/h3-9H,1-2H3. The predicted molar refractivity (Wildman–Crippen MR) is 65.5 cm³/mol. The van der Waals surface area contributed by atoms with E-state index in [2.05, 4.69) is 0 Å². The molecule has 0 N–H and O–H groups in total. The summed E-state index contributed by atoms with van der Waals surface area (Å²) in [6, 6.07) is 9.01. The number of halogens is 1. The number of hydrogen-bond acceptors (Lipinski definition) is 2. The number of ether oxygens (including phenoxy) is 1. The fourth-order valence-corrected chi connectivity index (χ4v) is 2.17. The summed E-state index contributed by atoms with van der Waals surface area (Å²) in [6.07, 6.45) is -0.0120. The lowest BCUT2D eigenvalue weighted by molar-refractivity contribution is 0.231. The van der Waals surface area contributed by atoms with E-state index in [0.29, 0.717) is 5.75 Å². The predicted octanol–water partition coefficient (Wildman–Crippen LogP) is 4.34. The van der Waals surface area contributed by atoms with E-state index in [1.54, 1.807) is 17.4 Å². The molecule has 0 spiro atoms. The summed E-state index contributed by atoms with van der Waals surface area (Å²) in [4.78, 5) is 1.06. The van der Waals surface area contributed by atoms with E-state index in [9.17, 15) is 4.39 Å². The quantitative estimate of drug-likeness (QED) is 0.770. The third kappa shape index (κ3) is 2.42. The summed E-state index contributed by atoms with van der Waals surface area (Å²) in [5.41, 5.74) is 0.892. The molecule has 1 aromatic carbocycles. The smallest absolute Gasteiger partial charge is 0.165 e.